The number of ether oxygens (including phenoxy) is 1. The Morgan fingerprint density at radius 2 is 2.00 bits per heavy atom. The van der Waals surface area contributed by atoms with Crippen molar-refractivity contribution in [3.05, 3.63) is 0 Å². The summed E-state index contributed by atoms with van der Waals surface area (Å²) in [6.45, 7) is 7.58. The van der Waals surface area contributed by atoms with Crippen LogP contribution in [-0.2, 0) is 9.53 Å². The lowest BCUT2D eigenvalue weighted by Crippen LogP contribution is -2.39. The van der Waals surface area contributed by atoms with Crippen LogP contribution in [0.1, 0.15) is 52.9 Å². The van der Waals surface area contributed by atoms with Crippen LogP contribution in [0, 0.1) is 10.8 Å². The lowest BCUT2D eigenvalue weighted by Gasteiger charge is -2.40. The molecule has 0 aromatic rings. The Bertz CT molecular complexity index is 233. The normalized spacial score (nSPS) is 19.0. The van der Waals surface area contributed by atoms with Crippen LogP contribution < -0.4 is 5.73 Å². The molecule has 3 nitrogen and oxygen atoms in total. The van der Waals surface area contributed by atoms with E-state index < -0.39 is 0 Å². The van der Waals surface area contributed by atoms with Crippen LogP contribution in [0.15, 0.2) is 0 Å². The summed E-state index contributed by atoms with van der Waals surface area (Å²) in [4.78, 5) is 11.6. The SMILES string of the molecule is CC(C)(C)CCOC(=O)CC1(CN)CCC1. The van der Waals surface area contributed by atoms with Crippen molar-refractivity contribution in [2.24, 2.45) is 16.6 Å². The number of carbonyl (C=O) groups is 1. The first-order chi connectivity index (χ1) is 7.37. The van der Waals surface area contributed by atoms with Gasteiger partial charge in [-0.15, -0.1) is 0 Å². The average molecular weight is 227 g/mol. The Balaban J connectivity index is 2.21. The molecule has 3 heteroatoms. The lowest BCUT2D eigenvalue weighted by molar-refractivity contribution is -0.148. The van der Waals surface area contributed by atoms with Gasteiger partial charge in [0.15, 0.2) is 0 Å². The monoisotopic (exact) mass is 227 g/mol. The number of esters is 1. The molecule has 0 radical (unpaired) electrons. The van der Waals surface area contributed by atoms with Crippen LogP contribution >= 0.6 is 0 Å². The highest BCUT2D eigenvalue weighted by Crippen LogP contribution is 2.43. The van der Waals surface area contributed by atoms with Gasteiger partial charge in [0.1, 0.15) is 0 Å². The van der Waals surface area contributed by atoms with Crippen LogP contribution in [0.3, 0.4) is 0 Å². The second-order valence-corrected chi connectivity index (χ2v) is 6.27. The fourth-order valence-electron chi connectivity index (χ4n) is 1.96. The third-order valence-electron chi connectivity index (χ3n) is 3.48. The topological polar surface area (TPSA) is 52.3 Å². The molecule has 2 N–H and O–H groups in total. The molecule has 0 aromatic heterocycles. The summed E-state index contributed by atoms with van der Waals surface area (Å²) in [6, 6.07) is 0. The van der Waals surface area contributed by atoms with Crippen molar-refractivity contribution in [1.82, 2.24) is 0 Å². The molecule has 0 aliphatic heterocycles. The highest BCUT2D eigenvalue weighted by atomic mass is 16.5. The predicted molar refractivity (Wildman–Crippen MR) is 65.0 cm³/mol. The lowest BCUT2D eigenvalue weighted by atomic mass is 9.67. The van der Waals surface area contributed by atoms with E-state index in [9.17, 15) is 4.79 Å². The maximum Gasteiger partial charge on any atom is 0.306 e. The molecule has 0 aromatic carbocycles. The molecule has 0 atom stereocenters. The van der Waals surface area contributed by atoms with Crippen molar-refractivity contribution in [1.29, 1.82) is 0 Å². The molecule has 94 valence electrons. The molecule has 0 saturated heterocycles. The van der Waals surface area contributed by atoms with Crippen LogP contribution in [-0.4, -0.2) is 19.1 Å². The van der Waals surface area contributed by atoms with Crippen molar-refractivity contribution in [2.45, 2.75) is 52.9 Å². The summed E-state index contributed by atoms with van der Waals surface area (Å²) in [5.41, 5.74) is 6.00. The molecule has 0 unspecified atom stereocenters. The molecule has 1 fully saturated rings. The minimum absolute atomic E-state index is 0.0683. The molecule has 0 heterocycles. The van der Waals surface area contributed by atoms with Gasteiger partial charge < -0.3 is 10.5 Å². The summed E-state index contributed by atoms with van der Waals surface area (Å²) in [5.74, 6) is -0.0746. The minimum atomic E-state index is -0.0746. The average Bonchev–Trinajstić information content (AvgIpc) is 2.09. The molecule has 16 heavy (non-hydrogen) atoms. The van der Waals surface area contributed by atoms with Gasteiger partial charge in [0.2, 0.25) is 0 Å². The summed E-state index contributed by atoms with van der Waals surface area (Å²) < 4.78 is 5.26. The second kappa shape index (κ2) is 5.17. The number of nitrogens with two attached hydrogens (primary N) is 1. The van der Waals surface area contributed by atoms with Crippen LogP contribution in [0.5, 0.6) is 0 Å². The third-order valence-corrected chi connectivity index (χ3v) is 3.48. The van der Waals surface area contributed by atoms with Gasteiger partial charge >= 0.3 is 5.97 Å². The Hall–Kier alpha value is -0.570. The second-order valence-electron chi connectivity index (χ2n) is 6.27. The van der Waals surface area contributed by atoms with E-state index in [1.165, 1.54) is 6.42 Å². The zero-order valence-electron chi connectivity index (χ0n) is 10.8. The Labute approximate surface area is 98.7 Å². The molecular weight excluding hydrogens is 202 g/mol. The van der Waals surface area contributed by atoms with Gasteiger partial charge in [0.05, 0.1) is 13.0 Å². The maximum atomic E-state index is 11.6. The number of rotatable bonds is 5. The van der Waals surface area contributed by atoms with Crippen molar-refractivity contribution >= 4 is 5.97 Å². The van der Waals surface area contributed by atoms with Crippen LogP contribution in [0.4, 0.5) is 0 Å². The zero-order chi connectivity index (χ0) is 12.2. The predicted octanol–water partition coefficient (Wildman–Crippen LogP) is 2.48. The Morgan fingerprint density at radius 1 is 1.38 bits per heavy atom. The van der Waals surface area contributed by atoms with Gasteiger partial charge in [-0.1, -0.05) is 27.2 Å². The Morgan fingerprint density at radius 3 is 2.38 bits per heavy atom. The summed E-state index contributed by atoms with van der Waals surface area (Å²) >= 11 is 0. The quantitative estimate of drug-likeness (QED) is 0.734. The first-order valence-corrected chi connectivity index (χ1v) is 6.23. The van der Waals surface area contributed by atoms with Crippen molar-refractivity contribution < 1.29 is 9.53 Å². The largest absolute Gasteiger partial charge is 0.466 e. The van der Waals surface area contributed by atoms with Crippen molar-refractivity contribution in [3.8, 4) is 0 Å². The van der Waals surface area contributed by atoms with Gasteiger partial charge in [0, 0.05) is 0 Å². The van der Waals surface area contributed by atoms with Crippen molar-refractivity contribution in [2.75, 3.05) is 13.2 Å². The highest BCUT2D eigenvalue weighted by Gasteiger charge is 2.38. The molecule has 1 aliphatic rings. The van der Waals surface area contributed by atoms with E-state index in [0.29, 0.717) is 19.6 Å². The van der Waals surface area contributed by atoms with Gasteiger partial charge in [-0.25, -0.2) is 0 Å². The number of carbonyl (C=O) groups excluding carboxylic acids is 1. The molecule has 0 bridgehead atoms. The standard InChI is InChI=1S/C13H25NO2/c1-12(2,3)7-8-16-11(15)9-13(10-14)5-4-6-13/h4-10,14H2,1-3H3. The van der Waals surface area contributed by atoms with E-state index in [1.807, 2.05) is 0 Å². The van der Waals surface area contributed by atoms with E-state index in [4.69, 9.17) is 10.5 Å². The van der Waals surface area contributed by atoms with E-state index in [1.54, 1.807) is 0 Å². The smallest absolute Gasteiger partial charge is 0.306 e. The highest BCUT2D eigenvalue weighted by molar-refractivity contribution is 5.70. The summed E-state index contributed by atoms with van der Waals surface area (Å²) in [7, 11) is 0. The number of hydrogen-bond donors (Lipinski definition) is 1. The van der Waals surface area contributed by atoms with Crippen LogP contribution in [0.25, 0.3) is 0 Å². The summed E-state index contributed by atoms with van der Waals surface area (Å²) in [5, 5.41) is 0. The molecule has 1 aliphatic carbocycles. The first-order valence-electron chi connectivity index (χ1n) is 6.23. The number of hydrogen-bond acceptors (Lipinski definition) is 3. The third kappa shape index (κ3) is 4.12. The maximum absolute atomic E-state index is 11.6. The molecular formula is C13H25NO2. The fourth-order valence-corrected chi connectivity index (χ4v) is 1.96. The van der Waals surface area contributed by atoms with E-state index >= 15 is 0 Å². The van der Waals surface area contributed by atoms with Gasteiger partial charge in [-0.2, -0.15) is 0 Å². The van der Waals surface area contributed by atoms with E-state index in [-0.39, 0.29) is 16.8 Å². The molecule has 1 rings (SSSR count). The van der Waals surface area contributed by atoms with Gasteiger partial charge in [0.25, 0.3) is 0 Å². The zero-order valence-corrected chi connectivity index (χ0v) is 10.8. The minimum Gasteiger partial charge on any atom is -0.466 e. The fraction of sp³-hybridized carbons (Fsp3) is 0.923. The van der Waals surface area contributed by atoms with E-state index in [0.717, 1.165) is 19.3 Å². The summed E-state index contributed by atoms with van der Waals surface area (Å²) in [6.07, 6.45) is 4.78. The molecule has 0 spiro atoms. The first kappa shape index (κ1) is 13.5. The van der Waals surface area contributed by atoms with E-state index in [2.05, 4.69) is 20.8 Å². The molecule has 1 saturated carbocycles. The van der Waals surface area contributed by atoms with Crippen molar-refractivity contribution in [3.63, 3.8) is 0 Å². The van der Waals surface area contributed by atoms with Crippen LogP contribution in [0.2, 0.25) is 0 Å². The Kier molecular flexibility index (Phi) is 4.36. The van der Waals surface area contributed by atoms with Gasteiger partial charge in [-0.3, -0.25) is 4.79 Å². The molecule has 0 amide bonds. The van der Waals surface area contributed by atoms with Gasteiger partial charge in [-0.05, 0) is 36.6 Å².